The van der Waals surface area contributed by atoms with Crippen LogP contribution in [0.4, 0.5) is 0 Å². The van der Waals surface area contributed by atoms with E-state index in [-0.39, 0.29) is 0 Å². The first-order chi connectivity index (χ1) is 14.1. The van der Waals surface area contributed by atoms with Gasteiger partial charge in [-0.2, -0.15) is 0 Å². The molecule has 2 aromatic carbocycles. The molecular formula is C26H34NO2+. The minimum atomic E-state index is 0.348. The van der Waals surface area contributed by atoms with Crippen molar-refractivity contribution in [3.05, 3.63) is 65.7 Å². The third-order valence-corrected chi connectivity index (χ3v) is 8.57. The van der Waals surface area contributed by atoms with Crippen LogP contribution in [0.5, 0.6) is 5.75 Å². The molecule has 2 saturated heterocycles. The maximum absolute atomic E-state index is 6.62. The van der Waals surface area contributed by atoms with Gasteiger partial charge in [0.25, 0.3) is 0 Å². The van der Waals surface area contributed by atoms with Gasteiger partial charge in [0.2, 0.25) is 0 Å². The van der Waals surface area contributed by atoms with Gasteiger partial charge in [-0.25, -0.2) is 0 Å². The second-order valence-corrected chi connectivity index (χ2v) is 9.84. The lowest BCUT2D eigenvalue weighted by molar-refractivity contribution is -0.967. The van der Waals surface area contributed by atoms with Gasteiger partial charge in [-0.05, 0) is 49.6 Å². The van der Waals surface area contributed by atoms with Crippen LogP contribution in [0.15, 0.2) is 54.6 Å². The predicted molar refractivity (Wildman–Crippen MR) is 115 cm³/mol. The van der Waals surface area contributed by atoms with Gasteiger partial charge in [0.15, 0.2) is 0 Å². The predicted octanol–water partition coefficient (Wildman–Crippen LogP) is 5.05. The summed E-state index contributed by atoms with van der Waals surface area (Å²) in [5, 5.41) is 0. The monoisotopic (exact) mass is 392 g/mol. The van der Waals surface area contributed by atoms with Gasteiger partial charge in [0.05, 0.1) is 20.3 Å². The molecule has 2 aromatic rings. The number of rotatable bonds is 6. The topological polar surface area (TPSA) is 18.5 Å². The van der Waals surface area contributed by atoms with Crippen LogP contribution < -0.4 is 4.74 Å². The summed E-state index contributed by atoms with van der Waals surface area (Å²) >= 11 is 0. The molecule has 5 rings (SSSR count). The highest BCUT2D eigenvalue weighted by atomic mass is 16.5. The van der Waals surface area contributed by atoms with Crippen molar-refractivity contribution in [3.8, 4) is 5.75 Å². The molecule has 0 aromatic heterocycles. The van der Waals surface area contributed by atoms with E-state index < -0.39 is 0 Å². The summed E-state index contributed by atoms with van der Waals surface area (Å²) in [5.41, 5.74) is 3.06. The van der Waals surface area contributed by atoms with Crippen LogP contribution in [0, 0.1) is 17.8 Å². The molecule has 3 aliphatic rings. The lowest BCUT2D eigenvalue weighted by atomic mass is 9.80. The summed E-state index contributed by atoms with van der Waals surface area (Å²) < 4.78 is 13.2. The Labute approximate surface area is 175 Å². The molecule has 2 aliphatic heterocycles. The maximum atomic E-state index is 6.62. The highest BCUT2D eigenvalue weighted by Gasteiger charge is 2.73. The zero-order valence-electron chi connectivity index (χ0n) is 18.0. The molecule has 3 heteroatoms. The summed E-state index contributed by atoms with van der Waals surface area (Å²) in [5.74, 6) is 3.26. The Hall–Kier alpha value is -1.84. The van der Waals surface area contributed by atoms with E-state index in [2.05, 4.69) is 68.4 Å². The van der Waals surface area contributed by atoms with Gasteiger partial charge in [-0.3, -0.25) is 0 Å². The summed E-state index contributed by atoms with van der Waals surface area (Å²) in [4.78, 5) is 0. The third kappa shape index (κ3) is 2.93. The van der Waals surface area contributed by atoms with E-state index >= 15 is 0 Å². The van der Waals surface area contributed by atoms with E-state index in [9.17, 15) is 0 Å². The molecule has 1 saturated carbocycles. The van der Waals surface area contributed by atoms with Gasteiger partial charge in [-0.15, -0.1) is 0 Å². The Morgan fingerprint density at radius 2 is 1.66 bits per heavy atom. The lowest BCUT2D eigenvalue weighted by Crippen LogP contribution is -2.57. The standard InChI is InChI=1S/C26H34NO2/c1-19-15-27(16-20-9-11-22(28-3)12-10-20)17-25(24-14-13-23(19)26(24,27)2)29-18-21-7-5-4-6-8-21/h4-12,19,23-25H,13-18H2,1-3H3/q+1/t19-,23+,24-,25-,26-,27-/m1/s1. The van der Waals surface area contributed by atoms with Crippen molar-refractivity contribution in [2.75, 3.05) is 20.2 Å². The van der Waals surface area contributed by atoms with Crippen LogP contribution in [-0.4, -0.2) is 36.3 Å². The lowest BCUT2D eigenvalue weighted by Gasteiger charge is -2.43. The second-order valence-electron chi connectivity index (χ2n) is 9.84. The van der Waals surface area contributed by atoms with Gasteiger partial charge < -0.3 is 14.0 Å². The van der Waals surface area contributed by atoms with Crippen LogP contribution in [0.25, 0.3) is 0 Å². The summed E-state index contributed by atoms with van der Waals surface area (Å²) in [6.07, 6.45) is 3.07. The summed E-state index contributed by atoms with van der Waals surface area (Å²) in [7, 11) is 1.74. The first kappa shape index (κ1) is 19.1. The zero-order chi connectivity index (χ0) is 20.1. The number of methoxy groups -OCH3 is 1. The molecule has 0 amide bonds. The van der Waals surface area contributed by atoms with Crippen molar-refractivity contribution in [1.29, 1.82) is 0 Å². The molecular weight excluding hydrogens is 358 g/mol. The van der Waals surface area contributed by atoms with Crippen molar-refractivity contribution >= 4 is 0 Å². The Morgan fingerprint density at radius 3 is 2.38 bits per heavy atom. The Bertz CT molecular complexity index is 851. The zero-order valence-corrected chi connectivity index (χ0v) is 18.0. The second kappa shape index (κ2) is 7.14. The maximum Gasteiger partial charge on any atom is 0.118 e. The van der Waals surface area contributed by atoms with Crippen molar-refractivity contribution in [3.63, 3.8) is 0 Å². The molecule has 154 valence electrons. The molecule has 6 atom stereocenters. The minimum Gasteiger partial charge on any atom is -0.497 e. The number of hydrogen-bond acceptors (Lipinski definition) is 2. The van der Waals surface area contributed by atoms with E-state index in [4.69, 9.17) is 9.47 Å². The average molecular weight is 393 g/mol. The molecule has 0 radical (unpaired) electrons. The van der Waals surface area contributed by atoms with Crippen molar-refractivity contribution < 1.29 is 14.0 Å². The number of quaternary nitrogens is 1. The van der Waals surface area contributed by atoms with Crippen LogP contribution in [-0.2, 0) is 17.9 Å². The van der Waals surface area contributed by atoms with Crippen LogP contribution in [0.1, 0.15) is 37.8 Å². The van der Waals surface area contributed by atoms with Gasteiger partial charge >= 0.3 is 0 Å². The molecule has 1 aliphatic carbocycles. The molecule has 3 nitrogen and oxygen atoms in total. The quantitative estimate of drug-likeness (QED) is 0.641. The SMILES string of the molecule is COc1ccc(C[N@+]23C[C@@H](C)[C@@H]4CC[C@H]([C@H](OCc5ccccc5)C2)[C@@]43C)cc1. The summed E-state index contributed by atoms with van der Waals surface area (Å²) in [6, 6.07) is 19.4. The molecule has 0 N–H and O–H groups in total. The number of benzene rings is 2. The molecule has 2 heterocycles. The first-order valence-corrected chi connectivity index (χ1v) is 11.2. The van der Waals surface area contributed by atoms with E-state index in [0.29, 0.717) is 17.6 Å². The average Bonchev–Trinajstić information content (AvgIpc) is 3.28. The largest absolute Gasteiger partial charge is 0.497 e. The van der Waals surface area contributed by atoms with E-state index in [1.54, 1.807) is 7.11 Å². The Morgan fingerprint density at radius 1 is 0.931 bits per heavy atom. The third-order valence-electron chi connectivity index (χ3n) is 8.57. The first-order valence-electron chi connectivity index (χ1n) is 11.2. The van der Waals surface area contributed by atoms with E-state index in [0.717, 1.165) is 37.3 Å². The van der Waals surface area contributed by atoms with Crippen molar-refractivity contribution in [2.45, 2.75) is 51.5 Å². The Kier molecular flexibility index (Phi) is 4.71. The van der Waals surface area contributed by atoms with Crippen LogP contribution >= 0.6 is 0 Å². The van der Waals surface area contributed by atoms with Crippen molar-refractivity contribution in [2.24, 2.45) is 17.8 Å². The molecule has 29 heavy (non-hydrogen) atoms. The molecule has 0 bridgehead atoms. The number of hydrogen-bond donors (Lipinski definition) is 0. The Balaban J connectivity index is 1.41. The smallest absolute Gasteiger partial charge is 0.118 e. The molecule has 3 fully saturated rings. The van der Waals surface area contributed by atoms with E-state index in [1.165, 1.54) is 35.0 Å². The highest BCUT2D eigenvalue weighted by molar-refractivity contribution is 5.27. The molecule has 0 spiro atoms. The minimum absolute atomic E-state index is 0.348. The fourth-order valence-corrected chi connectivity index (χ4v) is 7.29. The fourth-order valence-electron chi connectivity index (χ4n) is 7.29. The van der Waals surface area contributed by atoms with Crippen molar-refractivity contribution in [1.82, 2.24) is 0 Å². The van der Waals surface area contributed by atoms with Gasteiger partial charge in [0, 0.05) is 23.3 Å². The van der Waals surface area contributed by atoms with Crippen LogP contribution in [0.2, 0.25) is 0 Å². The van der Waals surface area contributed by atoms with Gasteiger partial charge in [0.1, 0.15) is 30.5 Å². The molecule has 0 unspecified atom stereocenters. The summed E-state index contributed by atoms with van der Waals surface area (Å²) in [6.45, 7) is 9.37. The normalized spacial score (nSPS) is 37.6. The van der Waals surface area contributed by atoms with Gasteiger partial charge in [-0.1, -0.05) is 37.3 Å². The van der Waals surface area contributed by atoms with E-state index in [1.807, 2.05) is 0 Å². The number of nitrogens with zero attached hydrogens (tertiary/aromatic N) is 1. The fraction of sp³-hybridized carbons (Fsp3) is 0.538. The highest BCUT2D eigenvalue weighted by Crippen LogP contribution is 2.62. The van der Waals surface area contributed by atoms with Crippen LogP contribution in [0.3, 0.4) is 0 Å². The number of ether oxygens (including phenoxy) is 2.